The van der Waals surface area contributed by atoms with Gasteiger partial charge in [0.25, 0.3) is 0 Å². The molecule has 0 saturated carbocycles. The van der Waals surface area contributed by atoms with E-state index in [0.717, 1.165) is 16.7 Å². The summed E-state index contributed by atoms with van der Waals surface area (Å²) in [5, 5.41) is 7.34. The first-order valence-electron chi connectivity index (χ1n) is 12.2. The van der Waals surface area contributed by atoms with Crippen molar-refractivity contribution in [1.29, 1.82) is 0 Å². The lowest BCUT2D eigenvalue weighted by Gasteiger charge is -2.09. The first kappa shape index (κ1) is 19.4. The van der Waals surface area contributed by atoms with E-state index in [1.807, 2.05) is 6.07 Å². The number of nitrogens with zero attached hydrogens (tertiary/aromatic N) is 3. The van der Waals surface area contributed by atoms with Crippen LogP contribution in [0.4, 0.5) is 0 Å². The summed E-state index contributed by atoms with van der Waals surface area (Å²) >= 11 is 0. The lowest BCUT2D eigenvalue weighted by Crippen LogP contribution is -1.97. The van der Waals surface area contributed by atoms with Gasteiger partial charge in [-0.05, 0) is 77.5 Å². The van der Waals surface area contributed by atoms with Crippen molar-refractivity contribution in [1.82, 2.24) is 14.1 Å². The molecule has 0 aliphatic heterocycles. The minimum Gasteiger partial charge on any atom is -0.317 e. The summed E-state index contributed by atoms with van der Waals surface area (Å²) < 4.78 is 4.57. The van der Waals surface area contributed by atoms with Crippen LogP contribution in [0.5, 0.6) is 0 Å². The second-order valence-corrected chi connectivity index (χ2v) is 9.36. The number of fused-ring (bicyclic) bond motifs is 6. The zero-order valence-electron chi connectivity index (χ0n) is 19.5. The SMILES string of the molecule is c1ccc(-n2ccc3cc4cc5c6ccccc6n(-c6ccc7ccccc7n6)c5cc4cc32)cc1. The predicted octanol–water partition coefficient (Wildman–Crippen LogP) is 8.43. The summed E-state index contributed by atoms with van der Waals surface area (Å²) in [6.45, 7) is 0. The number of aromatic nitrogens is 3. The van der Waals surface area contributed by atoms with E-state index in [4.69, 9.17) is 4.98 Å². The van der Waals surface area contributed by atoms with Gasteiger partial charge in [0.15, 0.2) is 0 Å². The molecule has 0 amide bonds. The van der Waals surface area contributed by atoms with Crippen LogP contribution in [0.1, 0.15) is 0 Å². The van der Waals surface area contributed by atoms with Gasteiger partial charge >= 0.3 is 0 Å². The van der Waals surface area contributed by atoms with E-state index in [0.29, 0.717) is 0 Å². The third-order valence-corrected chi connectivity index (χ3v) is 7.29. The first-order valence-corrected chi connectivity index (χ1v) is 12.2. The molecular weight excluding hydrogens is 438 g/mol. The molecule has 0 aliphatic carbocycles. The highest BCUT2D eigenvalue weighted by Crippen LogP contribution is 2.36. The monoisotopic (exact) mass is 459 g/mol. The van der Waals surface area contributed by atoms with Crippen LogP contribution >= 0.6 is 0 Å². The zero-order chi connectivity index (χ0) is 23.6. The Morgan fingerprint density at radius 1 is 0.472 bits per heavy atom. The Labute approximate surface area is 207 Å². The highest BCUT2D eigenvalue weighted by molar-refractivity contribution is 6.15. The minimum absolute atomic E-state index is 0.938. The summed E-state index contributed by atoms with van der Waals surface area (Å²) in [5.74, 6) is 0.938. The van der Waals surface area contributed by atoms with Crippen molar-refractivity contribution < 1.29 is 0 Å². The molecule has 0 bridgehead atoms. The van der Waals surface area contributed by atoms with Crippen molar-refractivity contribution in [3.05, 3.63) is 128 Å². The van der Waals surface area contributed by atoms with Crippen molar-refractivity contribution in [3.63, 3.8) is 0 Å². The third-order valence-electron chi connectivity index (χ3n) is 7.29. The van der Waals surface area contributed by atoms with Gasteiger partial charge in [-0.15, -0.1) is 0 Å². The van der Waals surface area contributed by atoms with Crippen molar-refractivity contribution >= 4 is 54.4 Å². The molecule has 0 saturated heterocycles. The van der Waals surface area contributed by atoms with E-state index in [2.05, 4.69) is 131 Å². The Bertz CT molecular complexity index is 2100. The summed E-state index contributed by atoms with van der Waals surface area (Å²) in [7, 11) is 0. The second-order valence-electron chi connectivity index (χ2n) is 9.36. The quantitative estimate of drug-likeness (QED) is 0.254. The Kier molecular flexibility index (Phi) is 3.94. The van der Waals surface area contributed by atoms with E-state index in [-0.39, 0.29) is 0 Å². The van der Waals surface area contributed by atoms with Crippen LogP contribution in [-0.2, 0) is 0 Å². The molecule has 5 aromatic carbocycles. The number of para-hydroxylation sites is 3. The molecule has 0 aliphatic rings. The third kappa shape index (κ3) is 2.77. The van der Waals surface area contributed by atoms with Crippen molar-refractivity contribution in [2.75, 3.05) is 0 Å². The smallest absolute Gasteiger partial charge is 0.138 e. The van der Waals surface area contributed by atoms with E-state index in [1.165, 1.54) is 49.2 Å². The molecule has 0 fully saturated rings. The molecule has 0 N–H and O–H groups in total. The van der Waals surface area contributed by atoms with Gasteiger partial charge in [0, 0.05) is 33.4 Å². The van der Waals surface area contributed by atoms with Gasteiger partial charge in [0.2, 0.25) is 0 Å². The maximum Gasteiger partial charge on any atom is 0.138 e. The zero-order valence-corrected chi connectivity index (χ0v) is 19.5. The van der Waals surface area contributed by atoms with Crippen molar-refractivity contribution in [2.24, 2.45) is 0 Å². The Morgan fingerprint density at radius 3 is 2.19 bits per heavy atom. The number of pyridine rings is 1. The molecule has 36 heavy (non-hydrogen) atoms. The largest absolute Gasteiger partial charge is 0.317 e. The van der Waals surface area contributed by atoms with Crippen LogP contribution in [0.3, 0.4) is 0 Å². The second kappa shape index (κ2) is 7.30. The fourth-order valence-corrected chi connectivity index (χ4v) is 5.59. The lowest BCUT2D eigenvalue weighted by molar-refractivity contribution is 1.10. The fourth-order valence-electron chi connectivity index (χ4n) is 5.59. The summed E-state index contributed by atoms with van der Waals surface area (Å²) in [4.78, 5) is 5.05. The Morgan fingerprint density at radius 2 is 1.25 bits per heavy atom. The van der Waals surface area contributed by atoms with Crippen LogP contribution in [-0.4, -0.2) is 14.1 Å². The van der Waals surface area contributed by atoms with Crippen molar-refractivity contribution in [2.45, 2.75) is 0 Å². The topological polar surface area (TPSA) is 22.8 Å². The van der Waals surface area contributed by atoms with E-state index >= 15 is 0 Å². The standard InChI is InChI=1S/C33H21N3/c1-2-9-26(10-3-1)35-17-16-23-18-24-19-28-27-11-5-7-13-30(27)36(32(28)21-25(24)20-31(23)35)33-15-14-22-8-4-6-12-29(22)34-33/h1-21H. The summed E-state index contributed by atoms with van der Waals surface area (Å²) in [5.41, 5.74) is 5.72. The first-order chi connectivity index (χ1) is 17.8. The predicted molar refractivity (Wildman–Crippen MR) is 150 cm³/mol. The normalized spacial score (nSPS) is 11.9. The number of hydrogen-bond donors (Lipinski definition) is 0. The number of rotatable bonds is 2. The van der Waals surface area contributed by atoms with Gasteiger partial charge in [-0.25, -0.2) is 4.98 Å². The Balaban J connectivity index is 1.45. The number of hydrogen-bond acceptors (Lipinski definition) is 1. The highest BCUT2D eigenvalue weighted by Gasteiger charge is 2.15. The molecule has 0 atom stereocenters. The molecule has 3 heteroatoms. The average molecular weight is 460 g/mol. The maximum atomic E-state index is 5.05. The lowest BCUT2D eigenvalue weighted by atomic mass is 10.0. The van der Waals surface area contributed by atoms with Gasteiger partial charge in [0.05, 0.1) is 22.1 Å². The van der Waals surface area contributed by atoms with Crippen LogP contribution in [0, 0.1) is 0 Å². The average Bonchev–Trinajstić information content (AvgIpc) is 3.49. The molecule has 3 heterocycles. The van der Waals surface area contributed by atoms with Crippen LogP contribution in [0.25, 0.3) is 65.9 Å². The molecule has 0 spiro atoms. The van der Waals surface area contributed by atoms with Gasteiger partial charge < -0.3 is 4.57 Å². The molecule has 8 aromatic rings. The van der Waals surface area contributed by atoms with Crippen LogP contribution in [0.15, 0.2) is 128 Å². The summed E-state index contributed by atoms with van der Waals surface area (Å²) in [6.07, 6.45) is 2.16. The van der Waals surface area contributed by atoms with Gasteiger partial charge in [-0.1, -0.05) is 54.6 Å². The minimum atomic E-state index is 0.938. The molecule has 168 valence electrons. The maximum absolute atomic E-state index is 5.05. The molecule has 0 unspecified atom stereocenters. The van der Waals surface area contributed by atoms with Gasteiger partial charge in [-0.3, -0.25) is 4.57 Å². The van der Waals surface area contributed by atoms with Crippen molar-refractivity contribution in [3.8, 4) is 11.5 Å². The fraction of sp³-hybridized carbons (Fsp3) is 0. The molecular formula is C33H21N3. The van der Waals surface area contributed by atoms with E-state index in [1.54, 1.807) is 0 Å². The van der Waals surface area contributed by atoms with Crippen LogP contribution in [0.2, 0.25) is 0 Å². The van der Waals surface area contributed by atoms with Gasteiger partial charge in [0.1, 0.15) is 5.82 Å². The Hall–Kier alpha value is -4.89. The van der Waals surface area contributed by atoms with E-state index < -0.39 is 0 Å². The molecule has 8 rings (SSSR count). The molecule has 0 radical (unpaired) electrons. The van der Waals surface area contributed by atoms with Crippen LogP contribution < -0.4 is 0 Å². The molecule has 3 aromatic heterocycles. The number of benzene rings is 5. The highest BCUT2D eigenvalue weighted by atomic mass is 15.1. The summed E-state index contributed by atoms with van der Waals surface area (Å²) in [6, 6.07) is 43.2. The van der Waals surface area contributed by atoms with E-state index in [9.17, 15) is 0 Å². The molecule has 3 nitrogen and oxygen atoms in total. The van der Waals surface area contributed by atoms with Gasteiger partial charge in [-0.2, -0.15) is 0 Å².